The predicted molar refractivity (Wildman–Crippen MR) is 114 cm³/mol. The number of amides is 1. The van der Waals surface area contributed by atoms with Gasteiger partial charge in [0.15, 0.2) is 5.16 Å². The lowest BCUT2D eigenvalue weighted by atomic mass is 10.1. The average molecular weight is 394 g/mol. The number of para-hydroxylation sites is 2. The number of carbonyl (C=O) groups is 1. The Morgan fingerprint density at radius 1 is 1.18 bits per heavy atom. The molecule has 2 heterocycles. The number of carbonyl (C=O) groups excluding carboxylic acids is 1. The highest BCUT2D eigenvalue weighted by atomic mass is 32.2. The van der Waals surface area contributed by atoms with Crippen LogP contribution < -0.4 is 10.5 Å². The van der Waals surface area contributed by atoms with Crippen LogP contribution >= 0.6 is 11.8 Å². The second-order valence-electron chi connectivity index (χ2n) is 7.41. The summed E-state index contributed by atoms with van der Waals surface area (Å²) in [5.74, 6) is 0.288. The number of fused-ring (bicyclic) bond motifs is 2. The molecule has 28 heavy (non-hydrogen) atoms. The molecular weight excluding hydrogens is 370 g/mol. The van der Waals surface area contributed by atoms with Gasteiger partial charge in [0.05, 0.1) is 16.7 Å². The van der Waals surface area contributed by atoms with Gasteiger partial charge in [-0.2, -0.15) is 0 Å². The Labute approximate surface area is 168 Å². The first-order valence-corrected chi connectivity index (χ1v) is 10.5. The van der Waals surface area contributed by atoms with E-state index in [1.807, 2.05) is 55.1 Å². The number of nitrogens with zero attached hydrogens (tertiary/aromatic N) is 3. The van der Waals surface area contributed by atoms with Gasteiger partial charge in [0.1, 0.15) is 0 Å². The van der Waals surface area contributed by atoms with E-state index in [1.54, 1.807) is 10.6 Å². The van der Waals surface area contributed by atoms with Crippen LogP contribution in [0.4, 0.5) is 5.69 Å². The Bertz CT molecular complexity index is 1110. The van der Waals surface area contributed by atoms with Crippen LogP contribution in [0.2, 0.25) is 0 Å². The van der Waals surface area contributed by atoms with Crippen LogP contribution in [0.3, 0.4) is 0 Å². The third-order valence-electron chi connectivity index (χ3n) is 5.09. The van der Waals surface area contributed by atoms with E-state index < -0.39 is 0 Å². The van der Waals surface area contributed by atoms with E-state index in [-0.39, 0.29) is 29.3 Å². The summed E-state index contributed by atoms with van der Waals surface area (Å²) in [6.07, 6.45) is 0.873. The zero-order valence-corrected chi connectivity index (χ0v) is 17.1. The summed E-state index contributed by atoms with van der Waals surface area (Å²) in [7, 11) is 0. The Morgan fingerprint density at radius 2 is 1.89 bits per heavy atom. The fourth-order valence-corrected chi connectivity index (χ4v) is 4.81. The molecule has 0 fully saturated rings. The number of benzene rings is 2. The number of anilines is 1. The molecule has 0 aliphatic carbocycles. The minimum Gasteiger partial charge on any atom is -0.308 e. The molecule has 4 rings (SSSR count). The standard InChI is InChI=1S/C22H23N3O2S/c1-14(2)24-21(27)17-9-5-6-10-18(17)23-22(24)28-13-20(26)25-15(3)12-16-8-4-7-11-19(16)25/h4-11,14-15H,12-13H2,1-3H3/t15-/m1/s1. The molecule has 1 aromatic heterocycles. The van der Waals surface area contributed by atoms with Gasteiger partial charge < -0.3 is 4.90 Å². The van der Waals surface area contributed by atoms with Crippen molar-refractivity contribution in [2.45, 2.75) is 44.4 Å². The van der Waals surface area contributed by atoms with E-state index in [0.717, 1.165) is 12.1 Å². The summed E-state index contributed by atoms with van der Waals surface area (Å²) in [5, 5.41) is 1.20. The van der Waals surface area contributed by atoms with Gasteiger partial charge in [-0.1, -0.05) is 42.1 Å². The SMILES string of the molecule is CC(C)n1c(SCC(=O)N2c3ccccc3C[C@H]2C)nc2ccccc2c1=O. The van der Waals surface area contributed by atoms with Crippen LogP contribution in [0.5, 0.6) is 0 Å². The van der Waals surface area contributed by atoms with E-state index in [9.17, 15) is 9.59 Å². The molecule has 5 nitrogen and oxygen atoms in total. The van der Waals surface area contributed by atoms with Crippen LogP contribution in [0.1, 0.15) is 32.4 Å². The maximum Gasteiger partial charge on any atom is 0.262 e. The van der Waals surface area contributed by atoms with Gasteiger partial charge in [0, 0.05) is 17.8 Å². The van der Waals surface area contributed by atoms with Crippen molar-refractivity contribution >= 4 is 34.3 Å². The molecular formula is C22H23N3O2S. The predicted octanol–water partition coefficient (Wildman–Crippen LogP) is 4.05. The van der Waals surface area contributed by atoms with Crippen LogP contribution in [-0.4, -0.2) is 27.3 Å². The molecule has 1 aliphatic heterocycles. The summed E-state index contributed by atoms with van der Waals surface area (Å²) in [6.45, 7) is 5.99. The highest BCUT2D eigenvalue weighted by molar-refractivity contribution is 7.99. The fraction of sp³-hybridized carbons (Fsp3) is 0.318. The van der Waals surface area contributed by atoms with E-state index >= 15 is 0 Å². The fourth-order valence-electron chi connectivity index (χ4n) is 3.82. The molecule has 1 atom stereocenters. The zero-order valence-electron chi connectivity index (χ0n) is 16.3. The average Bonchev–Trinajstić information content (AvgIpc) is 3.01. The highest BCUT2D eigenvalue weighted by Crippen LogP contribution is 2.33. The van der Waals surface area contributed by atoms with Gasteiger partial charge in [0.2, 0.25) is 5.91 Å². The summed E-state index contributed by atoms with van der Waals surface area (Å²) < 4.78 is 1.68. The number of aromatic nitrogens is 2. The van der Waals surface area contributed by atoms with Crippen molar-refractivity contribution in [3.63, 3.8) is 0 Å². The minimum atomic E-state index is -0.0598. The second-order valence-corrected chi connectivity index (χ2v) is 8.36. The van der Waals surface area contributed by atoms with Gasteiger partial charge >= 0.3 is 0 Å². The number of thioether (sulfide) groups is 1. The largest absolute Gasteiger partial charge is 0.308 e. The van der Waals surface area contributed by atoms with Crippen molar-refractivity contribution in [3.05, 3.63) is 64.4 Å². The summed E-state index contributed by atoms with van der Waals surface area (Å²) >= 11 is 1.34. The van der Waals surface area contributed by atoms with Crippen molar-refractivity contribution in [3.8, 4) is 0 Å². The van der Waals surface area contributed by atoms with Gasteiger partial charge in [0.25, 0.3) is 5.56 Å². The molecule has 1 amide bonds. The van der Waals surface area contributed by atoms with E-state index in [4.69, 9.17) is 0 Å². The quantitative estimate of drug-likeness (QED) is 0.496. The smallest absolute Gasteiger partial charge is 0.262 e. The van der Waals surface area contributed by atoms with Crippen molar-refractivity contribution in [1.82, 2.24) is 9.55 Å². The van der Waals surface area contributed by atoms with E-state index in [0.29, 0.717) is 16.1 Å². The van der Waals surface area contributed by atoms with Gasteiger partial charge in [-0.3, -0.25) is 14.2 Å². The highest BCUT2D eigenvalue weighted by Gasteiger charge is 2.30. The second kappa shape index (κ2) is 7.43. The van der Waals surface area contributed by atoms with Gasteiger partial charge in [-0.05, 0) is 51.0 Å². The topological polar surface area (TPSA) is 55.2 Å². The molecule has 3 aromatic rings. The number of hydrogen-bond acceptors (Lipinski definition) is 4. The molecule has 0 radical (unpaired) electrons. The van der Waals surface area contributed by atoms with Crippen molar-refractivity contribution in [2.24, 2.45) is 0 Å². The van der Waals surface area contributed by atoms with Crippen molar-refractivity contribution in [2.75, 3.05) is 10.7 Å². The van der Waals surface area contributed by atoms with Crippen LogP contribution in [0.25, 0.3) is 10.9 Å². The first-order valence-electron chi connectivity index (χ1n) is 9.51. The maximum atomic E-state index is 13.0. The summed E-state index contributed by atoms with van der Waals surface area (Å²) in [4.78, 5) is 32.5. The Kier molecular flexibility index (Phi) is 4.98. The van der Waals surface area contributed by atoms with E-state index in [1.165, 1.54) is 17.3 Å². The minimum absolute atomic E-state index is 0.0337. The lowest BCUT2D eigenvalue weighted by molar-refractivity contribution is -0.116. The Balaban J connectivity index is 1.63. The van der Waals surface area contributed by atoms with Gasteiger partial charge in [-0.15, -0.1) is 0 Å². The molecule has 0 N–H and O–H groups in total. The molecule has 2 aromatic carbocycles. The summed E-state index contributed by atoms with van der Waals surface area (Å²) in [6, 6.07) is 15.5. The van der Waals surface area contributed by atoms with Crippen LogP contribution in [0, 0.1) is 0 Å². The first kappa shape index (κ1) is 18.7. The third kappa shape index (κ3) is 3.22. The molecule has 1 aliphatic rings. The zero-order chi connectivity index (χ0) is 19.8. The normalized spacial score (nSPS) is 16.0. The molecule has 6 heteroatoms. The molecule has 0 unspecified atom stereocenters. The third-order valence-corrected chi connectivity index (χ3v) is 6.03. The Hall–Kier alpha value is -2.60. The number of rotatable bonds is 4. The van der Waals surface area contributed by atoms with E-state index in [2.05, 4.69) is 18.0 Å². The Morgan fingerprint density at radius 3 is 2.68 bits per heavy atom. The van der Waals surface area contributed by atoms with Crippen LogP contribution in [0.15, 0.2) is 58.5 Å². The summed E-state index contributed by atoms with van der Waals surface area (Å²) in [5.41, 5.74) is 2.80. The lowest BCUT2D eigenvalue weighted by Gasteiger charge is -2.23. The molecule has 0 saturated heterocycles. The monoisotopic (exact) mass is 393 g/mol. The van der Waals surface area contributed by atoms with Gasteiger partial charge in [-0.25, -0.2) is 4.98 Å². The van der Waals surface area contributed by atoms with Crippen molar-refractivity contribution in [1.29, 1.82) is 0 Å². The van der Waals surface area contributed by atoms with Crippen LogP contribution in [-0.2, 0) is 11.2 Å². The lowest BCUT2D eigenvalue weighted by Crippen LogP contribution is -2.37. The number of hydrogen-bond donors (Lipinski definition) is 0. The maximum absolute atomic E-state index is 13.0. The van der Waals surface area contributed by atoms with Crippen molar-refractivity contribution < 1.29 is 4.79 Å². The molecule has 144 valence electrons. The molecule has 0 saturated carbocycles. The molecule has 0 bridgehead atoms. The first-order chi connectivity index (χ1) is 13.5. The molecule has 0 spiro atoms.